The van der Waals surface area contributed by atoms with Gasteiger partial charge in [0.1, 0.15) is 17.0 Å². The number of nitrogens with zero attached hydrogens (tertiary/aromatic N) is 2. The van der Waals surface area contributed by atoms with Crippen LogP contribution in [0.3, 0.4) is 0 Å². The molecule has 1 saturated heterocycles. The Morgan fingerprint density at radius 3 is 2.86 bits per heavy atom. The van der Waals surface area contributed by atoms with Crippen molar-refractivity contribution in [3.8, 4) is 0 Å². The Labute approximate surface area is 174 Å². The number of thioether (sulfide) groups is 1. The maximum absolute atomic E-state index is 13.8. The quantitative estimate of drug-likeness (QED) is 0.700. The lowest BCUT2D eigenvalue weighted by Crippen LogP contribution is -2.53. The number of allylic oxidation sites excluding steroid dienone is 2. The number of carboxylic acids is 1. The molecule has 0 radical (unpaired) electrons. The Bertz CT molecular complexity index is 814. The second-order valence-electron chi connectivity index (χ2n) is 7.07. The number of aliphatic carboxylic acids is 1. The largest absolute Gasteiger partial charge is 0.478 e. The minimum absolute atomic E-state index is 0.0642. The normalized spacial score (nSPS) is 22.7. The van der Waals surface area contributed by atoms with Crippen molar-refractivity contribution < 1.29 is 24.1 Å². The summed E-state index contributed by atoms with van der Waals surface area (Å²) in [4.78, 5) is 16.1. The molecule has 2 N–H and O–H groups in total. The molecule has 3 rings (SSSR count). The summed E-state index contributed by atoms with van der Waals surface area (Å²) in [6.45, 7) is 5.62. The monoisotopic (exact) mass is 422 g/mol. The third-order valence-electron chi connectivity index (χ3n) is 5.12. The van der Waals surface area contributed by atoms with Crippen LogP contribution in [-0.4, -0.2) is 69.5 Å². The smallest absolute Gasteiger partial charge is 0.334 e. The SMILES string of the molecule is CCSC1C(C(=O)O)=C(C)C=C(N2CCOC[C@H]2CO)N1Cc1cccc(F)c1. The van der Waals surface area contributed by atoms with Crippen LogP contribution in [0.2, 0.25) is 0 Å². The summed E-state index contributed by atoms with van der Waals surface area (Å²) >= 11 is 1.53. The van der Waals surface area contributed by atoms with Crippen molar-refractivity contribution >= 4 is 17.7 Å². The van der Waals surface area contributed by atoms with Crippen LogP contribution in [0, 0.1) is 5.82 Å². The van der Waals surface area contributed by atoms with E-state index >= 15 is 0 Å². The van der Waals surface area contributed by atoms with Crippen LogP contribution < -0.4 is 0 Å². The molecule has 2 heterocycles. The molecule has 0 amide bonds. The highest BCUT2D eigenvalue weighted by molar-refractivity contribution is 8.00. The fraction of sp³-hybridized carbons (Fsp3) is 0.476. The molecule has 0 aromatic heterocycles. The average Bonchev–Trinajstić information content (AvgIpc) is 2.69. The maximum Gasteiger partial charge on any atom is 0.334 e. The highest BCUT2D eigenvalue weighted by Crippen LogP contribution is 2.37. The van der Waals surface area contributed by atoms with Gasteiger partial charge >= 0.3 is 5.97 Å². The number of aliphatic hydroxyl groups excluding tert-OH is 1. The first-order valence-electron chi connectivity index (χ1n) is 9.70. The van der Waals surface area contributed by atoms with E-state index in [2.05, 4.69) is 4.90 Å². The fourth-order valence-electron chi connectivity index (χ4n) is 3.78. The number of carboxylic acid groups (broad SMARTS) is 1. The topological polar surface area (TPSA) is 73.2 Å². The lowest BCUT2D eigenvalue weighted by Gasteiger charge is -2.47. The number of hydrogen-bond donors (Lipinski definition) is 2. The standard InChI is InChI=1S/C21H27FN2O4S/c1-3-29-20-19(21(26)27)14(2)9-18(23-7-8-28-13-17(23)12-25)24(20)11-15-5-4-6-16(22)10-15/h4-6,9-10,17,20,25H,3,7-8,11-13H2,1-2H3,(H,26,27)/t17-,20?/m1/s1. The van der Waals surface area contributed by atoms with E-state index in [4.69, 9.17) is 4.74 Å². The van der Waals surface area contributed by atoms with Crippen molar-refractivity contribution in [3.05, 3.63) is 58.7 Å². The van der Waals surface area contributed by atoms with Crippen molar-refractivity contribution in [2.24, 2.45) is 0 Å². The Morgan fingerprint density at radius 2 is 2.21 bits per heavy atom. The van der Waals surface area contributed by atoms with Crippen LogP contribution >= 0.6 is 11.8 Å². The first kappa shape index (κ1) is 21.7. The molecule has 2 atom stereocenters. The molecule has 8 heteroatoms. The summed E-state index contributed by atoms with van der Waals surface area (Å²) in [6.07, 6.45) is 1.86. The van der Waals surface area contributed by atoms with Crippen molar-refractivity contribution in [3.63, 3.8) is 0 Å². The number of carbonyl (C=O) groups is 1. The maximum atomic E-state index is 13.8. The number of aliphatic hydroxyl groups is 1. The van der Waals surface area contributed by atoms with Gasteiger partial charge in [-0.05, 0) is 42.0 Å². The van der Waals surface area contributed by atoms with Crippen LogP contribution in [0.5, 0.6) is 0 Å². The second kappa shape index (κ2) is 9.65. The van der Waals surface area contributed by atoms with E-state index in [9.17, 15) is 19.4 Å². The molecule has 2 aliphatic heterocycles. The summed E-state index contributed by atoms with van der Waals surface area (Å²) in [7, 11) is 0. The molecule has 0 bridgehead atoms. The van der Waals surface area contributed by atoms with Crippen molar-refractivity contribution in [1.82, 2.24) is 9.80 Å². The molecule has 1 aromatic carbocycles. The van der Waals surface area contributed by atoms with Gasteiger partial charge in [0, 0.05) is 13.1 Å². The lowest BCUT2D eigenvalue weighted by atomic mass is 10.0. The Kier molecular flexibility index (Phi) is 7.21. The van der Waals surface area contributed by atoms with Gasteiger partial charge in [-0.15, -0.1) is 11.8 Å². The summed E-state index contributed by atoms with van der Waals surface area (Å²) in [5.74, 6) is 0.294. The highest BCUT2D eigenvalue weighted by atomic mass is 32.2. The van der Waals surface area contributed by atoms with Gasteiger partial charge in [0.15, 0.2) is 0 Å². The summed E-state index contributed by atoms with van der Waals surface area (Å²) in [5, 5.41) is 19.3. The van der Waals surface area contributed by atoms with E-state index in [-0.39, 0.29) is 18.5 Å². The molecular formula is C21H27FN2O4S. The second-order valence-corrected chi connectivity index (χ2v) is 8.43. The Morgan fingerprint density at radius 1 is 1.41 bits per heavy atom. The molecule has 0 spiro atoms. The summed E-state index contributed by atoms with van der Waals surface area (Å²) in [5.41, 5.74) is 1.79. The molecule has 1 aromatic rings. The first-order chi connectivity index (χ1) is 14.0. The lowest BCUT2D eigenvalue weighted by molar-refractivity contribution is -0.133. The predicted molar refractivity (Wildman–Crippen MR) is 111 cm³/mol. The average molecular weight is 423 g/mol. The van der Waals surface area contributed by atoms with Gasteiger partial charge in [0.25, 0.3) is 0 Å². The van der Waals surface area contributed by atoms with Gasteiger partial charge in [-0.2, -0.15) is 0 Å². The molecular weight excluding hydrogens is 395 g/mol. The van der Waals surface area contributed by atoms with Crippen molar-refractivity contribution in [1.29, 1.82) is 0 Å². The first-order valence-corrected chi connectivity index (χ1v) is 10.7. The Hall–Kier alpha value is -2.03. The zero-order chi connectivity index (χ0) is 21.0. The van der Waals surface area contributed by atoms with Crippen LogP contribution in [-0.2, 0) is 16.1 Å². The zero-order valence-corrected chi connectivity index (χ0v) is 17.5. The van der Waals surface area contributed by atoms with E-state index in [0.29, 0.717) is 37.4 Å². The summed E-state index contributed by atoms with van der Waals surface area (Å²) < 4.78 is 19.3. The number of halogens is 1. The van der Waals surface area contributed by atoms with Crippen LogP contribution in [0.4, 0.5) is 4.39 Å². The van der Waals surface area contributed by atoms with E-state index in [1.165, 1.54) is 23.9 Å². The number of benzene rings is 1. The van der Waals surface area contributed by atoms with Gasteiger partial charge in [-0.25, -0.2) is 9.18 Å². The molecule has 0 saturated carbocycles. The van der Waals surface area contributed by atoms with Crippen molar-refractivity contribution in [2.45, 2.75) is 31.8 Å². The fourth-order valence-corrected chi connectivity index (χ4v) is 4.91. The molecule has 0 aliphatic carbocycles. The number of rotatable bonds is 7. The number of ether oxygens (including phenoxy) is 1. The van der Waals surface area contributed by atoms with Crippen molar-refractivity contribution in [2.75, 3.05) is 32.1 Å². The molecule has 1 fully saturated rings. The van der Waals surface area contributed by atoms with Gasteiger partial charge in [0.05, 0.1) is 31.4 Å². The van der Waals surface area contributed by atoms with E-state index in [1.54, 1.807) is 13.0 Å². The van der Waals surface area contributed by atoms with Crippen LogP contribution in [0.15, 0.2) is 47.3 Å². The summed E-state index contributed by atoms with van der Waals surface area (Å²) in [6, 6.07) is 6.15. The van der Waals surface area contributed by atoms with Gasteiger partial charge < -0.3 is 24.7 Å². The molecule has 158 valence electrons. The van der Waals surface area contributed by atoms with Crippen LogP contribution in [0.1, 0.15) is 19.4 Å². The highest BCUT2D eigenvalue weighted by Gasteiger charge is 2.37. The minimum atomic E-state index is -0.950. The third kappa shape index (κ3) is 4.76. The van der Waals surface area contributed by atoms with Gasteiger partial charge in [-0.3, -0.25) is 0 Å². The third-order valence-corrected chi connectivity index (χ3v) is 6.26. The van der Waals surface area contributed by atoms with Crippen LogP contribution in [0.25, 0.3) is 0 Å². The molecule has 29 heavy (non-hydrogen) atoms. The predicted octanol–water partition coefficient (Wildman–Crippen LogP) is 2.66. The number of hydrogen-bond acceptors (Lipinski definition) is 6. The zero-order valence-electron chi connectivity index (χ0n) is 16.7. The van der Waals surface area contributed by atoms with Gasteiger partial charge in [-0.1, -0.05) is 19.1 Å². The molecule has 6 nitrogen and oxygen atoms in total. The molecule has 2 aliphatic rings. The van der Waals surface area contributed by atoms with Gasteiger partial charge in [0.2, 0.25) is 0 Å². The van der Waals surface area contributed by atoms with E-state index in [0.717, 1.165) is 17.1 Å². The van der Waals surface area contributed by atoms with E-state index < -0.39 is 11.3 Å². The molecule has 1 unspecified atom stereocenters. The van der Waals surface area contributed by atoms with E-state index in [1.807, 2.05) is 24.0 Å². The number of morpholine rings is 1. The Balaban J connectivity index is 2.06. The minimum Gasteiger partial charge on any atom is -0.478 e.